The summed E-state index contributed by atoms with van der Waals surface area (Å²) in [4.78, 5) is 22.7. The number of methoxy groups -OCH3 is 2. The molecule has 2 aromatic rings. The van der Waals surface area contributed by atoms with E-state index in [0.717, 1.165) is 0 Å². The molecule has 0 fully saturated rings. The van der Waals surface area contributed by atoms with Crippen LogP contribution in [-0.4, -0.2) is 25.1 Å². The second-order valence-corrected chi connectivity index (χ2v) is 5.04. The molecule has 0 aliphatic carbocycles. The van der Waals surface area contributed by atoms with Crippen molar-refractivity contribution >= 4 is 23.4 Å². The SMILES string of the molecule is COc1ccc(NC(=O)C(C#N)=Cc2ccc(OC)c([N+](=O)[O-])c2)cc1. The Morgan fingerprint density at radius 2 is 1.88 bits per heavy atom. The van der Waals surface area contributed by atoms with E-state index in [9.17, 15) is 20.2 Å². The number of nitrogens with zero attached hydrogens (tertiary/aromatic N) is 2. The summed E-state index contributed by atoms with van der Waals surface area (Å²) >= 11 is 0. The molecule has 0 spiro atoms. The zero-order chi connectivity index (χ0) is 19.1. The number of ether oxygens (including phenoxy) is 2. The van der Waals surface area contributed by atoms with Crippen LogP contribution in [0.25, 0.3) is 6.08 Å². The number of amides is 1. The van der Waals surface area contributed by atoms with Gasteiger partial charge in [0.15, 0.2) is 5.75 Å². The number of hydrogen-bond donors (Lipinski definition) is 1. The van der Waals surface area contributed by atoms with Crippen LogP contribution in [-0.2, 0) is 4.79 Å². The maximum absolute atomic E-state index is 12.3. The molecule has 0 atom stereocenters. The van der Waals surface area contributed by atoms with Gasteiger partial charge in [0.25, 0.3) is 5.91 Å². The van der Waals surface area contributed by atoms with Crippen molar-refractivity contribution in [2.75, 3.05) is 19.5 Å². The first-order chi connectivity index (χ1) is 12.5. The molecule has 1 amide bonds. The molecule has 0 aliphatic rings. The first kappa shape index (κ1) is 18.5. The molecule has 8 heteroatoms. The van der Waals surface area contributed by atoms with Crippen molar-refractivity contribution < 1.29 is 19.2 Å². The summed E-state index contributed by atoms with van der Waals surface area (Å²) in [7, 11) is 2.85. The number of benzene rings is 2. The topological polar surface area (TPSA) is 114 Å². The van der Waals surface area contributed by atoms with Crippen molar-refractivity contribution in [3.05, 3.63) is 63.7 Å². The molecule has 0 aliphatic heterocycles. The van der Waals surface area contributed by atoms with Gasteiger partial charge in [0.05, 0.1) is 19.1 Å². The van der Waals surface area contributed by atoms with Gasteiger partial charge >= 0.3 is 5.69 Å². The Morgan fingerprint density at radius 3 is 2.42 bits per heavy atom. The third-order valence-electron chi connectivity index (χ3n) is 3.42. The van der Waals surface area contributed by atoms with Crippen molar-refractivity contribution in [3.8, 4) is 17.6 Å². The Balaban J connectivity index is 2.26. The summed E-state index contributed by atoms with van der Waals surface area (Å²) in [5, 5.41) is 22.9. The standard InChI is InChI=1S/C18H15N3O5/c1-25-15-6-4-14(5-7-15)20-18(22)13(11-19)9-12-3-8-17(26-2)16(10-12)21(23)24/h3-10H,1-2H3,(H,20,22). The summed E-state index contributed by atoms with van der Waals surface area (Å²) < 4.78 is 9.95. The van der Waals surface area contributed by atoms with E-state index in [1.54, 1.807) is 30.3 Å². The van der Waals surface area contributed by atoms with Crippen molar-refractivity contribution in [1.29, 1.82) is 5.26 Å². The average molecular weight is 353 g/mol. The smallest absolute Gasteiger partial charge is 0.311 e. The predicted octanol–water partition coefficient (Wildman–Crippen LogP) is 3.16. The van der Waals surface area contributed by atoms with Gasteiger partial charge in [0, 0.05) is 11.8 Å². The lowest BCUT2D eigenvalue weighted by molar-refractivity contribution is -0.385. The number of nitriles is 1. The molecule has 2 rings (SSSR count). The van der Waals surface area contributed by atoms with Crippen LogP contribution < -0.4 is 14.8 Å². The summed E-state index contributed by atoms with van der Waals surface area (Å²) in [6, 6.07) is 12.5. The molecule has 0 heterocycles. The Labute approximate surface area is 149 Å². The fourth-order valence-electron chi connectivity index (χ4n) is 2.13. The first-order valence-corrected chi connectivity index (χ1v) is 7.38. The van der Waals surface area contributed by atoms with E-state index in [2.05, 4.69) is 5.32 Å². The van der Waals surface area contributed by atoms with Crippen LogP contribution >= 0.6 is 0 Å². The van der Waals surface area contributed by atoms with Gasteiger partial charge in [0.1, 0.15) is 17.4 Å². The van der Waals surface area contributed by atoms with Gasteiger partial charge in [-0.15, -0.1) is 0 Å². The summed E-state index contributed by atoms with van der Waals surface area (Å²) in [6.45, 7) is 0. The third kappa shape index (κ3) is 4.36. The lowest BCUT2D eigenvalue weighted by Gasteiger charge is -2.06. The molecule has 26 heavy (non-hydrogen) atoms. The lowest BCUT2D eigenvalue weighted by atomic mass is 10.1. The molecule has 0 radical (unpaired) electrons. The van der Waals surface area contributed by atoms with Gasteiger partial charge in [-0.2, -0.15) is 5.26 Å². The molecule has 8 nitrogen and oxygen atoms in total. The predicted molar refractivity (Wildman–Crippen MR) is 94.9 cm³/mol. The Hall–Kier alpha value is -3.86. The maximum atomic E-state index is 12.3. The molecule has 0 aromatic heterocycles. The molecule has 0 saturated carbocycles. The van der Waals surface area contributed by atoms with E-state index in [4.69, 9.17) is 9.47 Å². The highest BCUT2D eigenvalue weighted by Crippen LogP contribution is 2.28. The number of carbonyl (C=O) groups excluding carboxylic acids is 1. The van der Waals surface area contributed by atoms with Crippen molar-refractivity contribution in [2.24, 2.45) is 0 Å². The van der Waals surface area contributed by atoms with Gasteiger partial charge in [-0.25, -0.2) is 0 Å². The number of nitro groups is 1. The van der Waals surface area contributed by atoms with E-state index in [1.807, 2.05) is 0 Å². The molecule has 0 saturated heterocycles. The lowest BCUT2D eigenvalue weighted by Crippen LogP contribution is -2.13. The van der Waals surface area contributed by atoms with Crippen LogP contribution in [0.1, 0.15) is 5.56 Å². The summed E-state index contributed by atoms with van der Waals surface area (Å²) in [6.07, 6.45) is 1.27. The van der Waals surface area contributed by atoms with Gasteiger partial charge in [-0.05, 0) is 42.0 Å². The van der Waals surface area contributed by atoms with Crippen LogP contribution in [0.3, 0.4) is 0 Å². The number of nitrogens with one attached hydrogen (secondary N) is 1. The maximum Gasteiger partial charge on any atom is 0.311 e. The number of rotatable bonds is 6. The highest BCUT2D eigenvalue weighted by molar-refractivity contribution is 6.09. The Bertz CT molecular complexity index is 898. The van der Waals surface area contributed by atoms with E-state index in [0.29, 0.717) is 17.0 Å². The number of carbonyl (C=O) groups is 1. The minimum atomic E-state index is -0.629. The summed E-state index contributed by atoms with van der Waals surface area (Å²) in [5.41, 5.74) is 0.367. The number of nitro benzene ring substituents is 1. The normalized spacial score (nSPS) is 10.6. The molecular weight excluding hydrogens is 338 g/mol. The monoisotopic (exact) mass is 353 g/mol. The Kier molecular flexibility index (Phi) is 5.90. The number of hydrogen-bond acceptors (Lipinski definition) is 6. The van der Waals surface area contributed by atoms with Gasteiger partial charge in [0.2, 0.25) is 0 Å². The molecule has 132 valence electrons. The van der Waals surface area contributed by atoms with Crippen molar-refractivity contribution in [3.63, 3.8) is 0 Å². The van der Waals surface area contributed by atoms with Gasteiger partial charge in [-0.3, -0.25) is 14.9 Å². The molecule has 0 bridgehead atoms. The highest BCUT2D eigenvalue weighted by atomic mass is 16.6. The fraction of sp³-hybridized carbons (Fsp3) is 0.111. The van der Waals surface area contributed by atoms with Gasteiger partial charge in [-0.1, -0.05) is 6.07 Å². The van der Waals surface area contributed by atoms with E-state index >= 15 is 0 Å². The quantitative estimate of drug-likeness (QED) is 0.369. The molecule has 2 aromatic carbocycles. The number of anilines is 1. The second-order valence-electron chi connectivity index (χ2n) is 5.04. The highest BCUT2D eigenvalue weighted by Gasteiger charge is 2.16. The molecular formula is C18H15N3O5. The van der Waals surface area contributed by atoms with Crippen LogP contribution in [0.2, 0.25) is 0 Å². The molecule has 0 unspecified atom stereocenters. The first-order valence-electron chi connectivity index (χ1n) is 7.38. The average Bonchev–Trinajstić information content (AvgIpc) is 2.66. The molecule has 1 N–H and O–H groups in total. The zero-order valence-electron chi connectivity index (χ0n) is 14.1. The van der Waals surface area contributed by atoms with Crippen molar-refractivity contribution in [1.82, 2.24) is 0 Å². The summed E-state index contributed by atoms with van der Waals surface area (Å²) in [5.74, 6) is 0.0917. The van der Waals surface area contributed by atoms with Crippen molar-refractivity contribution in [2.45, 2.75) is 0 Å². The third-order valence-corrected chi connectivity index (χ3v) is 3.42. The van der Waals surface area contributed by atoms with Crippen LogP contribution in [0.5, 0.6) is 11.5 Å². The fourth-order valence-corrected chi connectivity index (χ4v) is 2.13. The largest absolute Gasteiger partial charge is 0.497 e. The Morgan fingerprint density at radius 1 is 1.19 bits per heavy atom. The zero-order valence-corrected chi connectivity index (χ0v) is 14.1. The minimum absolute atomic E-state index is 0.0911. The van der Waals surface area contributed by atoms with E-state index < -0.39 is 10.8 Å². The van der Waals surface area contributed by atoms with Crippen LogP contribution in [0.4, 0.5) is 11.4 Å². The second kappa shape index (κ2) is 8.30. The van der Waals surface area contributed by atoms with Crippen LogP contribution in [0, 0.1) is 21.4 Å². The van der Waals surface area contributed by atoms with E-state index in [-0.39, 0.29) is 17.0 Å². The van der Waals surface area contributed by atoms with E-state index in [1.165, 1.54) is 38.5 Å². The van der Waals surface area contributed by atoms with Gasteiger partial charge < -0.3 is 14.8 Å². The minimum Gasteiger partial charge on any atom is -0.497 e. The van der Waals surface area contributed by atoms with Crippen LogP contribution in [0.15, 0.2) is 48.0 Å².